The number of amides is 1. The molecule has 0 rings (SSSR count). The molecular weight excluding hydrogens is 306 g/mol. The zero-order chi connectivity index (χ0) is 18.8. The summed E-state index contributed by atoms with van der Waals surface area (Å²) in [6, 6.07) is 0. The number of unbranched alkanes of at least 4 members (excludes halogenated alkanes) is 11. The number of quaternary nitrogens is 1. The first kappa shape index (κ1) is 24.4. The molecule has 0 atom stereocenters. The quantitative estimate of drug-likeness (QED) is 0.156. The van der Waals surface area contributed by atoms with Gasteiger partial charge in [0.05, 0.1) is 26.6 Å². The summed E-state index contributed by atoms with van der Waals surface area (Å²) in [7, 11) is 2.07. The smallest absolute Gasteiger partial charge is 0.263 e. The zero-order valence-electron chi connectivity index (χ0n) is 17.8. The second kappa shape index (κ2) is 16.8. The topological polar surface area (TPSA) is 17.1 Å². The molecule has 0 heterocycles. The summed E-state index contributed by atoms with van der Waals surface area (Å²) in [6.45, 7) is 8.33. The second-order valence-electron chi connectivity index (χ2n) is 7.76. The minimum atomic E-state index is 0.419. The third-order valence-electron chi connectivity index (χ3n) is 5.65. The molecule has 0 aliphatic heterocycles. The van der Waals surface area contributed by atoms with E-state index in [0.29, 0.717) is 10.4 Å². The van der Waals surface area contributed by atoms with E-state index in [-0.39, 0.29) is 0 Å². The van der Waals surface area contributed by atoms with Crippen molar-refractivity contribution < 1.29 is 9.28 Å². The molecule has 0 radical (unpaired) electrons. The molecule has 2 heteroatoms. The molecule has 25 heavy (non-hydrogen) atoms. The summed E-state index contributed by atoms with van der Waals surface area (Å²) in [4.78, 5) is 12.2. The Morgan fingerprint density at radius 1 is 0.680 bits per heavy atom. The number of nitrogens with zero attached hydrogens (tertiary/aromatic N) is 1. The Morgan fingerprint density at radius 2 is 1.12 bits per heavy atom. The van der Waals surface area contributed by atoms with Crippen LogP contribution in [0.1, 0.15) is 111 Å². The predicted molar refractivity (Wildman–Crippen MR) is 112 cm³/mol. The summed E-state index contributed by atoms with van der Waals surface area (Å²) in [5.74, 6) is 0.419. The van der Waals surface area contributed by atoms with Crippen molar-refractivity contribution in [3.8, 4) is 0 Å². The average molecular weight is 353 g/mol. The normalized spacial score (nSPS) is 12.2. The van der Waals surface area contributed by atoms with Crippen LogP contribution in [0.2, 0.25) is 0 Å². The summed E-state index contributed by atoms with van der Waals surface area (Å²) in [5, 5.41) is 0. The monoisotopic (exact) mass is 352 g/mol. The van der Waals surface area contributed by atoms with Gasteiger partial charge in [-0.2, -0.15) is 0 Å². The summed E-state index contributed by atoms with van der Waals surface area (Å²) in [5.41, 5.74) is 0. The van der Waals surface area contributed by atoms with E-state index in [9.17, 15) is 4.79 Å². The Labute approximate surface area is 158 Å². The number of allylic oxidation sites excluding steroid dienone is 2. The molecule has 0 bridgehead atoms. The van der Waals surface area contributed by atoms with E-state index in [0.717, 1.165) is 25.9 Å². The fraction of sp³-hybridized carbons (Fsp3) is 0.870. The lowest BCUT2D eigenvalue weighted by Gasteiger charge is -2.28. The highest BCUT2D eigenvalue weighted by Gasteiger charge is 2.26. The molecule has 0 spiro atoms. The van der Waals surface area contributed by atoms with E-state index in [4.69, 9.17) is 0 Å². The van der Waals surface area contributed by atoms with E-state index in [1.807, 2.05) is 0 Å². The van der Waals surface area contributed by atoms with Crippen LogP contribution in [0.5, 0.6) is 0 Å². The van der Waals surface area contributed by atoms with Crippen LogP contribution in [0, 0.1) is 0 Å². The van der Waals surface area contributed by atoms with Crippen LogP contribution in [0.15, 0.2) is 12.2 Å². The van der Waals surface area contributed by atoms with Crippen LogP contribution >= 0.6 is 0 Å². The van der Waals surface area contributed by atoms with Gasteiger partial charge in [0, 0.05) is 0 Å². The van der Waals surface area contributed by atoms with Gasteiger partial charge in [-0.25, -0.2) is 4.79 Å². The second-order valence-corrected chi connectivity index (χ2v) is 7.76. The average Bonchev–Trinajstić information content (AvgIpc) is 2.63. The lowest BCUT2D eigenvalue weighted by Crippen LogP contribution is -2.48. The first-order valence-corrected chi connectivity index (χ1v) is 11.1. The first-order chi connectivity index (χ1) is 12.1. The van der Waals surface area contributed by atoms with Gasteiger partial charge >= 0.3 is 5.91 Å². The highest BCUT2D eigenvalue weighted by Crippen LogP contribution is 2.12. The maximum atomic E-state index is 12.2. The summed E-state index contributed by atoms with van der Waals surface area (Å²) >= 11 is 0. The van der Waals surface area contributed by atoms with E-state index < -0.39 is 0 Å². The third kappa shape index (κ3) is 13.3. The number of carbonyl (C=O) groups is 1. The van der Waals surface area contributed by atoms with Crippen molar-refractivity contribution in [1.29, 1.82) is 0 Å². The Balaban J connectivity index is 3.39. The van der Waals surface area contributed by atoms with Gasteiger partial charge in [-0.15, -0.1) is 0 Å². The summed E-state index contributed by atoms with van der Waals surface area (Å²) in [6.07, 6.45) is 22.5. The molecule has 0 fully saturated rings. The lowest BCUT2D eigenvalue weighted by atomic mass is 10.1. The highest BCUT2D eigenvalue weighted by molar-refractivity contribution is 5.68. The molecule has 2 nitrogen and oxygen atoms in total. The summed E-state index contributed by atoms with van der Waals surface area (Å²) < 4.78 is 0.601. The van der Waals surface area contributed by atoms with E-state index in [1.54, 1.807) is 0 Å². The third-order valence-corrected chi connectivity index (χ3v) is 5.65. The van der Waals surface area contributed by atoms with Crippen LogP contribution < -0.4 is 0 Å². The number of rotatable bonds is 17. The minimum absolute atomic E-state index is 0.419. The fourth-order valence-corrected chi connectivity index (χ4v) is 3.19. The molecule has 0 aromatic heterocycles. The zero-order valence-corrected chi connectivity index (χ0v) is 17.8. The molecule has 0 aromatic carbocycles. The first-order valence-electron chi connectivity index (χ1n) is 11.1. The van der Waals surface area contributed by atoms with Crippen molar-refractivity contribution in [2.24, 2.45) is 0 Å². The Bertz CT molecular complexity index is 331. The molecule has 0 saturated heterocycles. The molecule has 0 saturated carbocycles. The maximum Gasteiger partial charge on any atom is 0.313 e. The SMILES string of the molecule is CCCCCCCCC=CCCCCCCCC(=O)[N+](C)(CC)CC. The molecule has 0 aromatic rings. The van der Waals surface area contributed by atoms with Crippen molar-refractivity contribution in [3.05, 3.63) is 12.2 Å². The number of carbonyl (C=O) groups excluding carboxylic acids is 1. The van der Waals surface area contributed by atoms with Crippen molar-refractivity contribution in [2.75, 3.05) is 20.1 Å². The van der Waals surface area contributed by atoms with Crippen molar-refractivity contribution in [2.45, 2.75) is 111 Å². The number of hydrogen-bond acceptors (Lipinski definition) is 1. The minimum Gasteiger partial charge on any atom is -0.263 e. The van der Waals surface area contributed by atoms with Gasteiger partial charge in [0.25, 0.3) is 0 Å². The van der Waals surface area contributed by atoms with Gasteiger partial charge in [-0.3, -0.25) is 4.48 Å². The maximum absolute atomic E-state index is 12.2. The highest BCUT2D eigenvalue weighted by atomic mass is 16.2. The van der Waals surface area contributed by atoms with E-state index >= 15 is 0 Å². The van der Waals surface area contributed by atoms with Crippen molar-refractivity contribution in [3.63, 3.8) is 0 Å². The lowest BCUT2D eigenvalue weighted by molar-refractivity contribution is -0.831. The van der Waals surface area contributed by atoms with Gasteiger partial charge in [0.1, 0.15) is 0 Å². The molecule has 0 N–H and O–H groups in total. The molecule has 0 aliphatic rings. The van der Waals surface area contributed by atoms with Crippen LogP contribution in [0.4, 0.5) is 0 Å². The van der Waals surface area contributed by atoms with Gasteiger partial charge in [-0.05, 0) is 46.0 Å². The standard InChI is InChI=1S/C23H46NO/c1-5-8-9-10-11-12-13-14-15-16-17-18-19-20-21-22-23(25)24(4,6-2)7-3/h14-15H,5-13,16-22H2,1-4H3/q+1. The van der Waals surface area contributed by atoms with Gasteiger partial charge in [-0.1, -0.05) is 70.4 Å². The van der Waals surface area contributed by atoms with Gasteiger partial charge in [0.2, 0.25) is 0 Å². The molecule has 148 valence electrons. The molecule has 1 amide bonds. The Morgan fingerprint density at radius 3 is 1.60 bits per heavy atom. The van der Waals surface area contributed by atoms with Crippen molar-refractivity contribution >= 4 is 5.91 Å². The Kier molecular flexibility index (Phi) is 16.4. The molecular formula is C23H46NO+. The predicted octanol–water partition coefficient (Wildman–Crippen LogP) is 7.04. The largest absolute Gasteiger partial charge is 0.313 e. The van der Waals surface area contributed by atoms with Crippen LogP contribution in [0.25, 0.3) is 0 Å². The van der Waals surface area contributed by atoms with Crippen LogP contribution in [-0.4, -0.2) is 30.5 Å². The molecule has 0 aliphatic carbocycles. The molecule has 0 unspecified atom stereocenters. The van der Waals surface area contributed by atoms with E-state index in [1.165, 1.54) is 77.0 Å². The Hall–Kier alpha value is -0.630. The van der Waals surface area contributed by atoms with E-state index in [2.05, 4.69) is 40.0 Å². The van der Waals surface area contributed by atoms with Crippen LogP contribution in [0.3, 0.4) is 0 Å². The van der Waals surface area contributed by atoms with Crippen molar-refractivity contribution in [1.82, 2.24) is 0 Å². The van der Waals surface area contributed by atoms with Crippen LogP contribution in [-0.2, 0) is 4.79 Å². The fourth-order valence-electron chi connectivity index (χ4n) is 3.19. The number of hydrogen-bond donors (Lipinski definition) is 0. The van der Waals surface area contributed by atoms with Gasteiger partial charge in [0.15, 0.2) is 0 Å². The van der Waals surface area contributed by atoms with Gasteiger partial charge < -0.3 is 0 Å².